The molecule has 1 aromatic carbocycles. The van der Waals surface area contributed by atoms with Gasteiger partial charge < -0.3 is 4.90 Å². The SMILES string of the molecule is Fc1cccc(-c2csc(N3CCCCC3)n2)c1. The van der Waals surface area contributed by atoms with Crippen molar-refractivity contribution in [3.05, 3.63) is 35.5 Å². The highest BCUT2D eigenvalue weighted by Gasteiger charge is 2.14. The summed E-state index contributed by atoms with van der Waals surface area (Å²) in [6.07, 6.45) is 3.81. The summed E-state index contributed by atoms with van der Waals surface area (Å²) in [7, 11) is 0. The van der Waals surface area contributed by atoms with Gasteiger partial charge in [0.1, 0.15) is 5.82 Å². The molecule has 0 atom stereocenters. The van der Waals surface area contributed by atoms with Crippen LogP contribution in [-0.4, -0.2) is 18.1 Å². The van der Waals surface area contributed by atoms with Crippen molar-refractivity contribution in [3.63, 3.8) is 0 Å². The molecular weight excluding hydrogens is 247 g/mol. The molecule has 0 N–H and O–H groups in total. The summed E-state index contributed by atoms with van der Waals surface area (Å²) < 4.78 is 13.2. The molecule has 0 unspecified atom stereocenters. The van der Waals surface area contributed by atoms with Gasteiger partial charge in [0, 0.05) is 24.0 Å². The molecule has 4 heteroatoms. The van der Waals surface area contributed by atoms with Gasteiger partial charge in [-0.25, -0.2) is 9.37 Å². The van der Waals surface area contributed by atoms with Gasteiger partial charge in [-0.05, 0) is 31.4 Å². The number of hydrogen-bond donors (Lipinski definition) is 0. The summed E-state index contributed by atoms with van der Waals surface area (Å²) in [6, 6.07) is 6.62. The maximum Gasteiger partial charge on any atom is 0.185 e. The van der Waals surface area contributed by atoms with Crippen molar-refractivity contribution in [3.8, 4) is 11.3 Å². The van der Waals surface area contributed by atoms with E-state index >= 15 is 0 Å². The van der Waals surface area contributed by atoms with Crippen LogP contribution < -0.4 is 4.90 Å². The van der Waals surface area contributed by atoms with Crippen LogP contribution in [0.2, 0.25) is 0 Å². The predicted octanol–water partition coefficient (Wildman–Crippen LogP) is 3.94. The van der Waals surface area contributed by atoms with Gasteiger partial charge in [-0.1, -0.05) is 12.1 Å². The van der Waals surface area contributed by atoms with E-state index < -0.39 is 0 Å². The van der Waals surface area contributed by atoms with Crippen LogP contribution in [0.15, 0.2) is 29.6 Å². The molecule has 18 heavy (non-hydrogen) atoms. The number of nitrogens with zero attached hydrogens (tertiary/aromatic N) is 2. The molecular formula is C14H15FN2S. The summed E-state index contributed by atoms with van der Waals surface area (Å²) in [5.41, 5.74) is 1.73. The summed E-state index contributed by atoms with van der Waals surface area (Å²) in [6.45, 7) is 2.19. The molecule has 0 aliphatic carbocycles. The Kier molecular flexibility index (Phi) is 3.28. The van der Waals surface area contributed by atoms with Gasteiger partial charge in [0.05, 0.1) is 5.69 Å². The lowest BCUT2D eigenvalue weighted by atomic mass is 10.1. The molecule has 0 amide bonds. The summed E-state index contributed by atoms with van der Waals surface area (Å²) >= 11 is 1.65. The molecule has 0 saturated carbocycles. The van der Waals surface area contributed by atoms with Gasteiger partial charge in [-0.2, -0.15) is 0 Å². The maximum atomic E-state index is 13.2. The van der Waals surface area contributed by atoms with Crippen molar-refractivity contribution in [2.75, 3.05) is 18.0 Å². The molecule has 2 heterocycles. The Balaban J connectivity index is 1.84. The van der Waals surface area contributed by atoms with Crippen molar-refractivity contribution >= 4 is 16.5 Å². The molecule has 1 aliphatic heterocycles. The first-order valence-corrected chi connectivity index (χ1v) is 7.17. The largest absolute Gasteiger partial charge is 0.348 e. The van der Waals surface area contributed by atoms with Gasteiger partial charge in [0.2, 0.25) is 0 Å². The average molecular weight is 262 g/mol. The van der Waals surface area contributed by atoms with Crippen molar-refractivity contribution in [2.24, 2.45) is 0 Å². The Labute approximate surface area is 110 Å². The first kappa shape index (κ1) is 11.7. The van der Waals surface area contributed by atoms with Crippen LogP contribution in [0.25, 0.3) is 11.3 Å². The van der Waals surface area contributed by atoms with Crippen molar-refractivity contribution in [1.29, 1.82) is 0 Å². The van der Waals surface area contributed by atoms with Crippen molar-refractivity contribution in [1.82, 2.24) is 4.98 Å². The van der Waals surface area contributed by atoms with Crippen LogP contribution in [0.1, 0.15) is 19.3 Å². The van der Waals surface area contributed by atoms with E-state index in [0.29, 0.717) is 0 Å². The molecule has 2 aromatic rings. The molecule has 0 bridgehead atoms. The van der Waals surface area contributed by atoms with Crippen molar-refractivity contribution < 1.29 is 4.39 Å². The van der Waals surface area contributed by atoms with E-state index in [9.17, 15) is 4.39 Å². The van der Waals surface area contributed by atoms with Crippen LogP contribution >= 0.6 is 11.3 Å². The Morgan fingerprint density at radius 2 is 2.00 bits per heavy atom. The zero-order chi connectivity index (χ0) is 12.4. The minimum atomic E-state index is -0.208. The van der Waals surface area contributed by atoms with E-state index in [1.54, 1.807) is 17.4 Å². The molecule has 1 aliphatic rings. The van der Waals surface area contributed by atoms with Gasteiger partial charge in [0.15, 0.2) is 5.13 Å². The highest BCUT2D eigenvalue weighted by Crippen LogP contribution is 2.29. The smallest absolute Gasteiger partial charge is 0.185 e. The summed E-state index contributed by atoms with van der Waals surface area (Å²) in [5, 5.41) is 3.08. The van der Waals surface area contributed by atoms with Crippen LogP contribution in [-0.2, 0) is 0 Å². The zero-order valence-corrected chi connectivity index (χ0v) is 10.9. The van der Waals surface area contributed by atoms with Gasteiger partial charge in [-0.15, -0.1) is 11.3 Å². The zero-order valence-electron chi connectivity index (χ0n) is 10.1. The second-order valence-corrected chi connectivity index (χ2v) is 5.41. The van der Waals surface area contributed by atoms with E-state index in [4.69, 9.17) is 0 Å². The summed E-state index contributed by atoms with van der Waals surface area (Å²) in [5.74, 6) is -0.208. The lowest BCUT2D eigenvalue weighted by molar-refractivity contribution is 0.577. The standard InChI is InChI=1S/C14H15FN2S/c15-12-6-4-5-11(9-12)13-10-18-14(16-13)17-7-2-1-3-8-17/h4-6,9-10H,1-3,7-8H2. The molecule has 0 radical (unpaired) electrons. The number of anilines is 1. The molecule has 1 fully saturated rings. The Morgan fingerprint density at radius 1 is 1.17 bits per heavy atom. The summed E-state index contributed by atoms with van der Waals surface area (Å²) in [4.78, 5) is 6.95. The number of piperidine rings is 1. The average Bonchev–Trinajstić information content (AvgIpc) is 2.89. The molecule has 3 rings (SSSR count). The topological polar surface area (TPSA) is 16.1 Å². The van der Waals surface area contributed by atoms with E-state index in [-0.39, 0.29) is 5.82 Å². The second-order valence-electron chi connectivity index (χ2n) is 4.57. The fourth-order valence-corrected chi connectivity index (χ4v) is 3.16. The van der Waals surface area contributed by atoms with Crippen molar-refractivity contribution in [2.45, 2.75) is 19.3 Å². The number of benzene rings is 1. The highest BCUT2D eigenvalue weighted by molar-refractivity contribution is 7.14. The lowest BCUT2D eigenvalue weighted by Crippen LogP contribution is -2.29. The van der Waals surface area contributed by atoms with E-state index in [2.05, 4.69) is 9.88 Å². The predicted molar refractivity (Wildman–Crippen MR) is 73.6 cm³/mol. The lowest BCUT2D eigenvalue weighted by Gasteiger charge is -2.25. The normalized spacial score (nSPS) is 15.9. The van der Waals surface area contributed by atoms with Crippen LogP contribution in [0, 0.1) is 5.82 Å². The number of thiazole rings is 1. The molecule has 94 valence electrons. The number of halogens is 1. The third-order valence-electron chi connectivity index (χ3n) is 3.24. The second kappa shape index (κ2) is 5.06. The highest BCUT2D eigenvalue weighted by atomic mass is 32.1. The third kappa shape index (κ3) is 2.38. The van der Waals surface area contributed by atoms with Crippen LogP contribution in [0.5, 0.6) is 0 Å². The molecule has 0 spiro atoms. The Morgan fingerprint density at radius 3 is 2.78 bits per heavy atom. The molecule has 1 saturated heterocycles. The monoisotopic (exact) mass is 262 g/mol. The number of hydrogen-bond acceptors (Lipinski definition) is 3. The third-order valence-corrected chi connectivity index (χ3v) is 4.14. The fourth-order valence-electron chi connectivity index (χ4n) is 2.28. The number of aromatic nitrogens is 1. The van der Waals surface area contributed by atoms with Gasteiger partial charge in [0.25, 0.3) is 0 Å². The van der Waals surface area contributed by atoms with Gasteiger partial charge in [-0.3, -0.25) is 0 Å². The molecule has 2 nitrogen and oxygen atoms in total. The minimum absolute atomic E-state index is 0.208. The Bertz CT molecular complexity index is 532. The minimum Gasteiger partial charge on any atom is -0.348 e. The molecule has 1 aromatic heterocycles. The van der Waals surface area contributed by atoms with E-state index in [0.717, 1.165) is 29.5 Å². The van der Waals surface area contributed by atoms with E-state index in [1.165, 1.54) is 31.4 Å². The fraction of sp³-hybridized carbons (Fsp3) is 0.357. The van der Waals surface area contributed by atoms with Crippen LogP contribution in [0.4, 0.5) is 9.52 Å². The quantitative estimate of drug-likeness (QED) is 0.815. The first-order valence-electron chi connectivity index (χ1n) is 6.29. The van der Waals surface area contributed by atoms with Gasteiger partial charge >= 0.3 is 0 Å². The van der Waals surface area contributed by atoms with E-state index in [1.807, 2.05) is 11.4 Å². The first-order chi connectivity index (χ1) is 8.83. The number of rotatable bonds is 2. The maximum absolute atomic E-state index is 13.2. The Hall–Kier alpha value is -1.42. The van der Waals surface area contributed by atoms with Crippen LogP contribution in [0.3, 0.4) is 0 Å².